The summed E-state index contributed by atoms with van der Waals surface area (Å²) in [6.07, 6.45) is 4.57. The third kappa shape index (κ3) is 2.74. The first-order chi connectivity index (χ1) is 7.61. The summed E-state index contributed by atoms with van der Waals surface area (Å²) in [6.45, 7) is 0. The van der Waals surface area contributed by atoms with Crippen LogP contribution >= 0.6 is 0 Å². The van der Waals surface area contributed by atoms with Crippen molar-refractivity contribution in [3.8, 4) is 6.07 Å². The number of nitrogens with one attached hydrogen (secondary N) is 1. The molecule has 1 heterocycles. The van der Waals surface area contributed by atoms with Gasteiger partial charge in [0.25, 0.3) is 0 Å². The van der Waals surface area contributed by atoms with Gasteiger partial charge >= 0.3 is 0 Å². The standard InChI is InChI=1S/C11H18N2O2S/c12-8-9-2-1-3-11(9)13-10-4-6-16(14,15)7-5-10/h9-11,13H,1-7H2. The first-order valence-electron chi connectivity index (χ1n) is 5.97. The van der Waals surface area contributed by atoms with E-state index < -0.39 is 9.84 Å². The maximum atomic E-state index is 11.3. The van der Waals surface area contributed by atoms with Crippen molar-refractivity contribution in [1.29, 1.82) is 5.26 Å². The van der Waals surface area contributed by atoms with Crippen LogP contribution in [-0.4, -0.2) is 32.0 Å². The minimum Gasteiger partial charge on any atom is -0.310 e. The second-order valence-electron chi connectivity index (χ2n) is 4.87. The molecule has 0 spiro atoms. The fourth-order valence-corrected chi connectivity index (χ4v) is 4.16. The molecule has 0 aromatic carbocycles. The lowest BCUT2D eigenvalue weighted by Crippen LogP contribution is -2.44. The SMILES string of the molecule is N#CC1CCCC1NC1CCS(=O)(=O)CC1. The summed E-state index contributed by atoms with van der Waals surface area (Å²) in [5.74, 6) is 0.724. The van der Waals surface area contributed by atoms with Gasteiger partial charge in [0.1, 0.15) is 9.84 Å². The summed E-state index contributed by atoms with van der Waals surface area (Å²) < 4.78 is 22.5. The smallest absolute Gasteiger partial charge is 0.150 e. The van der Waals surface area contributed by atoms with Crippen LogP contribution in [0.15, 0.2) is 0 Å². The van der Waals surface area contributed by atoms with Crippen LogP contribution in [0, 0.1) is 17.2 Å². The molecule has 0 bridgehead atoms. The van der Waals surface area contributed by atoms with Gasteiger partial charge in [0, 0.05) is 12.1 Å². The molecule has 1 saturated heterocycles. The first-order valence-corrected chi connectivity index (χ1v) is 7.79. The zero-order valence-corrected chi connectivity index (χ0v) is 10.2. The van der Waals surface area contributed by atoms with Crippen molar-refractivity contribution in [3.05, 3.63) is 0 Å². The number of nitriles is 1. The van der Waals surface area contributed by atoms with E-state index >= 15 is 0 Å². The van der Waals surface area contributed by atoms with Crippen LogP contribution in [0.4, 0.5) is 0 Å². The van der Waals surface area contributed by atoms with E-state index in [1.807, 2.05) is 0 Å². The van der Waals surface area contributed by atoms with Gasteiger partial charge in [-0.15, -0.1) is 0 Å². The Morgan fingerprint density at radius 1 is 1.12 bits per heavy atom. The average molecular weight is 242 g/mol. The lowest BCUT2D eigenvalue weighted by molar-refractivity contribution is 0.373. The van der Waals surface area contributed by atoms with E-state index in [9.17, 15) is 8.42 Å². The highest BCUT2D eigenvalue weighted by atomic mass is 32.2. The van der Waals surface area contributed by atoms with Crippen LogP contribution in [-0.2, 0) is 9.84 Å². The van der Waals surface area contributed by atoms with Gasteiger partial charge in [-0.2, -0.15) is 5.26 Å². The van der Waals surface area contributed by atoms with E-state index in [1.54, 1.807) is 0 Å². The Balaban J connectivity index is 1.85. The van der Waals surface area contributed by atoms with Crippen molar-refractivity contribution in [2.24, 2.45) is 5.92 Å². The summed E-state index contributed by atoms with van der Waals surface area (Å²) in [4.78, 5) is 0. The Bertz CT molecular complexity index is 371. The molecule has 5 heteroatoms. The Kier molecular flexibility index (Phi) is 3.50. The van der Waals surface area contributed by atoms with E-state index in [0.717, 1.165) is 19.3 Å². The number of hydrogen-bond acceptors (Lipinski definition) is 4. The molecule has 4 nitrogen and oxygen atoms in total. The number of sulfone groups is 1. The van der Waals surface area contributed by atoms with Crippen LogP contribution in [0.25, 0.3) is 0 Å². The summed E-state index contributed by atoms with van der Waals surface area (Å²) in [5.41, 5.74) is 0. The van der Waals surface area contributed by atoms with Crippen molar-refractivity contribution in [1.82, 2.24) is 5.32 Å². The average Bonchev–Trinajstić information content (AvgIpc) is 2.68. The third-order valence-corrected chi connectivity index (χ3v) is 5.40. The van der Waals surface area contributed by atoms with Crippen LogP contribution < -0.4 is 5.32 Å². The predicted octanol–water partition coefficient (Wildman–Crippen LogP) is 0.845. The Labute approximate surface area is 96.9 Å². The van der Waals surface area contributed by atoms with Gasteiger partial charge in [0.15, 0.2) is 0 Å². The number of rotatable bonds is 2. The minimum absolute atomic E-state index is 0.124. The first kappa shape index (κ1) is 11.9. The topological polar surface area (TPSA) is 70.0 Å². The molecule has 2 fully saturated rings. The number of nitrogens with zero attached hydrogens (tertiary/aromatic N) is 1. The Morgan fingerprint density at radius 2 is 1.81 bits per heavy atom. The molecule has 1 aliphatic heterocycles. The van der Waals surface area contributed by atoms with E-state index in [-0.39, 0.29) is 12.0 Å². The summed E-state index contributed by atoms with van der Waals surface area (Å²) >= 11 is 0. The zero-order valence-electron chi connectivity index (χ0n) is 9.35. The molecule has 2 aliphatic rings. The van der Waals surface area contributed by atoms with E-state index in [0.29, 0.717) is 30.4 Å². The van der Waals surface area contributed by atoms with Gasteiger partial charge in [-0.25, -0.2) is 8.42 Å². The highest BCUT2D eigenvalue weighted by Gasteiger charge is 2.31. The van der Waals surface area contributed by atoms with Crippen molar-refractivity contribution in [2.45, 2.75) is 44.2 Å². The van der Waals surface area contributed by atoms with Gasteiger partial charge in [0.2, 0.25) is 0 Å². The molecule has 16 heavy (non-hydrogen) atoms. The third-order valence-electron chi connectivity index (χ3n) is 3.69. The molecule has 0 radical (unpaired) electrons. The molecule has 0 aromatic heterocycles. The number of hydrogen-bond donors (Lipinski definition) is 1. The fourth-order valence-electron chi connectivity index (χ4n) is 2.67. The molecule has 1 N–H and O–H groups in total. The van der Waals surface area contributed by atoms with Crippen molar-refractivity contribution >= 4 is 9.84 Å². The summed E-state index contributed by atoms with van der Waals surface area (Å²) in [5, 5.41) is 12.4. The molecular formula is C11H18N2O2S. The van der Waals surface area contributed by atoms with Crippen molar-refractivity contribution in [2.75, 3.05) is 11.5 Å². The molecule has 90 valence electrons. The Hall–Kier alpha value is -0.600. The van der Waals surface area contributed by atoms with Gasteiger partial charge in [-0.05, 0) is 25.7 Å². The second kappa shape index (κ2) is 4.72. The largest absolute Gasteiger partial charge is 0.310 e. The molecule has 1 aliphatic carbocycles. The molecule has 0 aromatic rings. The summed E-state index contributed by atoms with van der Waals surface area (Å²) in [7, 11) is -2.77. The summed E-state index contributed by atoms with van der Waals surface area (Å²) in [6, 6.07) is 2.92. The van der Waals surface area contributed by atoms with Crippen LogP contribution in [0.3, 0.4) is 0 Å². The van der Waals surface area contributed by atoms with Crippen LogP contribution in [0.5, 0.6) is 0 Å². The molecule has 0 amide bonds. The lowest BCUT2D eigenvalue weighted by atomic mass is 10.0. The second-order valence-corrected chi connectivity index (χ2v) is 7.17. The normalized spacial score (nSPS) is 34.7. The monoisotopic (exact) mass is 242 g/mol. The lowest BCUT2D eigenvalue weighted by Gasteiger charge is -2.27. The molecule has 2 atom stereocenters. The van der Waals surface area contributed by atoms with E-state index in [4.69, 9.17) is 5.26 Å². The molecule has 2 unspecified atom stereocenters. The maximum absolute atomic E-state index is 11.3. The molecule has 2 rings (SSSR count). The quantitative estimate of drug-likeness (QED) is 0.779. The highest BCUT2D eigenvalue weighted by molar-refractivity contribution is 7.91. The predicted molar refractivity (Wildman–Crippen MR) is 61.6 cm³/mol. The highest BCUT2D eigenvalue weighted by Crippen LogP contribution is 2.26. The minimum atomic E-state index is -2.77. The van der Waals surface area contributed by atoms with Gasteiger partial charge in [0.05, 0.1) is 23.5 Å². The molecule has 1 saturated carbocycles. The van der Waals surface area contributed by atoms with Gasteiger partial charge < -0.3 is 5.32 Å². The molecular weight excluding hydrogens is 224 g/mol. The zero-order chi connectivity index (χ0) is 11.6. The fraction of sp³-hybridized carbons (Fsp3) is 0.909. The van der Waals surface area contributed by atoms with Crippen molar-refractivity contribution in [3.63, 3.8) is 0 Å². The van der Waals surface area contributed by atoms with Gasteiger partial charge in [-0.1, -0.05) is 6.42 Å². The van der Waals surface area contributed by atoms with Crippen LogP contribution in [0.2, 0.25) is 0 Å². The Morgan fingerprint density at radius 3 is 2.44 bits per heavy atom. The van der Waals surface area contributed by atoms with Crippen LogP contribution in [0.1, 0.15) is 32.1 Å². The van der Waals surface area contributed by atoms with Gasteiger partial charge in [-0.3, -0.25) is 0 Å². The maximum Gasteiger partial charge on any atom is 0.150 e. The van der Waals surface area contributed by atoms with Crippen molar-refractivity contribution < 1.29 is 8.42 Å². The van der Waals surface area contributed by atoms with E-state index in [2.05, 4.69) is 11.4 Å². The van der Waals surface area contributed by atoms with E-state index in [1.165, 1.54) is 0 Å².